The van der Waals surface area contributed by atoms with Crippen LogP contribution in [0.4, 0.5) is 0 Å². The van der Waals surface area contributed by atoms with Crippen molar-refractivity contribution >= 4 is 22.0 Å². The molecule has 7 nitrogen and oxygen atoms in total. The van der Waals surface area contributed by atoms with Crippen molar-refractivity contribution < 1.29 is 22.7 Å². The summed E-state index contributed by atoms with van der Waals surface area (Å²) < 4.78 is 38.3. The summed E-state index contributed by atoms with van der Waals surface area (Å²) in [7, 11) is -2.30. The number of rotatable bonds is 8. The second kappa shape index (κ2) is 10.8. The molecule has 0 saturated carbocycles. The zero-order chi connectivity index (χ0) is 23.1. The molecule has 0 atom stereocenters. The van der Waals surface area contributed by atoms with Crippen molar-refractivity contribution in [2.45, 2.75) is 31.3 Å². The van der Waals surface area contributed by atoms with E-state index in [1.54, 1.807) is 29.2 Å². The molecule has 0 spiro atoms. The first kappa shape index (κ1) is 24.0. The number of amides is 1. The highest BCUT2D eigenvalue weighted by Gasteiger charge is 2.29. The van der Waals surface area contributed by atoms with Crippen molar-refractivity contribution in [3.05, 3.63) is 65.7 Å². The smallest absolute Gasteiger partial charge is 0.247 e. The van der Waals surface area contributed by atoms with E-state index < -0.39 is 10.0 Å². The SMILES string of the molecule is COc1ccc(C=CC(=O)N(Cc2ccccc2)C(C)C)cc1S(=O)(=O)N1CCOCC1. The standard InChI is InChI=1S/C24H30N2O5S/c1-19(2)26(18-21-7-5-4-6-8-21)24(27)12-10-20-9-11-22(30-3)23(17-20)32(28,29)25-13-15-31-16-14-25/h4-12,17,19H,13-16,18H2,1-3H3. The van der Waals surface area contributed by atoms with E-state index in [0.717, 1.165) is 5.56 Å². The number of carbonyl (C=O) groups excluding carboxylic acids is 1. The molecule has 32 heavy (non-hydrogen) atoms. The highest BCUT2D eigenvalue weighted by atomic mass is 32.2. The summed E-state index contributed by atoms with van der Waals surface area (Å²) in [6, 6.07) is 14.7. The summed E-state index contributed by atoms with van der Waals surface area (Å²) in [5, 5.41) is 0. The van der Waals surface area contributed by atoms with Gasteiger partial charge in [-0.25, -0.2) is 8.42 Å². The van der Waals surface area contributed by atoms with Crippen LogP contribution >= 0.6 is 0 Å². The zero-order valence-corrected chi connectivity index (χ0v) is 19.5. The van der Waals surface area contributed by atoms with E-state index in [1.165, 1.54) is 17.5 Å². The number of ether oxygens (including phenoxy) is 2. The molecule has 3 rings (SSSR count). The van der Waals surface area contributed by atoms with E-state index in [9.17, 15) is 13.2 Å². The van der Waals surface area contributed by atoms with Crippen LogP contribution in [0.3, 0.4) is 0 Å². The molecule has 0 unspecified atom stereocenters. The molecule has 0 N–H and O–H groups in total. The highest BCUT2D eigenvalue weighted by molar-refractivity contribution is 7.89. The maximum Gasteiger partial charge on any atom is 0.247 e. The average molecular weight is 459 g/mol. The topological polar surface area (TPSA) is 76.2 Å². The molecule has 0 radical (unpaired) electrons. The molecule has 1 aliphatic rings. The number of nitrogens with zero attached hydrogens (tertiary/aromatic N) is 2. The average Bonchev–Trinajstić information content (AvgIpc) is 2.81. The van der Waals surface area contributed by atoms with Crippen LogP contribution < -0.4 is 4.74 Å². The van der Waals surface area contributed by atoms with Crippen LogP contribution in [0.25, 0.3) is 6.08 Å². The van der Waals surface area contributed by atoms with Gasteiger partial charge in [-0.15, -0.1) is 0 Å². The predicted octanol–water partition coefficient (Wildman–Crippen LogP) is 3.17. The molecule has 1 amide bonds. The van der Waals surface area contributed by atoms with Gasteiger partial charge in [0.25, 0.3) is 0 Å². The largest absolute Gasteiger partial charge is 0.495 e. The monoisotopic (exact) mass is 458 g/mol. The third-order valence-electron chi connectivity index (χ3n) is 5.30. The summed E-state index contributed by atoms with van der Waals surface area (Å²) in [5.41, 5.74) is 1.65. The number of sulfonamides is 1. The number of carbonyl (C=O) groups is 1. The lowest BCUT2D eigenvalue weighted by molar-refractivity contribution is -0.128. The first-order valence-electron chi connectivity index (χ1n) is 10.6. The molecule has 0 aromatic heterocycles. The van der Waals surface area contributed by atoms with Crippen molar-refractivity contribution in [2.24, 2.45) is 0 Å². The molecule has 1 saturated heterocycles. The molecule has 2 aromatic carbocycles. The molecular formula is C24H30N2O5S. The maximum absolute atomic E-state index is 13.1. The molecule has 8 heteroatoms. The Morgan fingerprint density at radius 1 is 1.16 bits per heavy atom. The van der Waals surface area contributed by atoms with Gasteiger partial charge in [0.05, 0.1) is 20.3 Å². The van der Waals surface area contributed by atoms with Gasteiger partial charge < -0.3 is 14.4 Å². The fourth-order valence-electron chi connectivity index (χ4n) is 3.48. The minimum Gasteiger partial charge on any atom is -0.495 e. The van der Waals surface area contributed by atoms with Crippen molar-refractivity contribution in [1.82, 2.24) is 9.21 Å². The lowest BCUT2D eigenvalue weighted by Gasteiger charge is -2.27. The lowest BCUT2D eigenvalue weighted by Crippen LogP contribution is -2.40. The molecule has 2 aromatic rings. The van der Waals surface area contributed by atoms with Gasteiger partial charge in [0.1, 0.15) is 10.6 Å². The Balaban J connectivity index is 1.83. The number of hydrogen-bond acceptors (Lipinski definition) is 5. The highest BCUT2D eigenvalue weighted by Crippen LogP contribution is 2.29. The van der Waals surface area contributed by atoms with Crippen LogP contribution in [0.15, 0.2) is 59.5 Å². The Morgan fingerprint density at radius 2 is 1.84 bits per heavy atom. The predicted molar refractivity (Wildman–Crippen MR) is 124 cm³/mol. The van der Waals surface area contributed by atoms with E-state index in [4.69, 9.17) is 9.47 Å². The first-order chi connectivity index (χ1) is 15.3. The van der Waals surface area contributed by atoms with Gasteiger partial charge in [0.2, 0.25) is 15.9 Å². The third-order valence-corrected chi connectivity index (χ3v) is 7.22. The van der Waals surface area contributed by atoms with Crippen LogP contribution in [0.1, 0.15) is 25.0 Å². The molecule has 0 bridgehead atoms. The van der Waals surface area contributed by atoms with E-state index in [0.29, 0.717) is 38.4 Å². The van der Waals surface area contributed by atoms with Gasteiger partial charge in [-0.05, 0) is 43.2 Å². The molecule has 1 fully saturated rings. The Bertz CT molecular complexity index is 1050. The second-order valence-electron chi connectivity index (χ2n) is 7.81. The van der Waals surface area contributed by atoms with Crippen molar-refractivity contribution in [1.29, 1.82) is 0 Å². The van der Waals surface area contributed by atoms with E-state index in [2.05, 4.69) is 0 Å². The normalized spacial score (nSPS) is 15.2. The van der Waals surface area contributed by atoms with Crippen LogP contribution in [0, 0.1) is 0 Å². The Labute approximate surface area is 190 Å². The summed E-state index contributed by atoms with van der Waals surface area (Å²) in [4.78, 5) is 14.7. The van der Waals surface area contributed by atoms with Gasteiger partial charge in [-0.2, -0.15) is 4.31 Å². The van der Waals surface area contributed by atoms with Gasteiger partial charge in [-0.3, -0.25) is 4.79 Å². The minimum atomic E-state index is -3.74. The summed E-state index contributed by atoms with van der Waals surface area (Å²) in [6.45, 7) is 5.76. The first-order valence-corrected chi connectivity index (χ1v) is 12.1. The van der Waals surface area contributed by atoms with Gasteiger partial charge >= 0.3 is 0 Å². The minimum absolute atomic E-state index is 0.0143. The van der Waals surface area contributed by atoms with Gasteiger partial charge in [0.15, 0.2) is 0 Å². The maximum atomic E-state index is 13.1. The molecular weight excluding hydrogens is 428 g/mol. The Hall–Kier alpha value is -2.68. The van der Waals surface area contributed by atoms with E-state index >= 15 is 0 Å². The molecule has 172 valence electrons. The molecule has 1 heterocycles. The quantitative estimate of drug-likeness (QED) is 0.568. The number of methoxy groups -OCH3 is 1. The van der Waals surface area contributed by atoms with Crippen LogP contribution in [-0.4, -0.2) is 63.0 Å². The number of benzene rings is 2. The van der Waals surface area contributed by atoms with Crippen molar-refractivity contribution in [3.63, 3.8) is 0 Å². The number of hydrogen-bond donors (Lipinski definition) is 0. The van der Waals surface area contributed by atoms with Crippen molar-refractivity contribution in [2.75, 3.05) is 33.4 Å². The summed E-state index contributed by atoms with van der Waals surface area (Å²) in [6.07, 6.45) is 3.12. The van der Waals surface area contributed by atoms with Crippen LogP contribution in [-0.2, 0) is 26.1 Å². The van der Waals surface area contributed by atoms with E-state index in [1.807, 2.05) is 44.2 Å². The van der Waals surface area contributed by atoms with Gasteiger partial charge in [-0.1, -0.05) is 36.4 Å². The number of morpholine rings is 1. The van der Waals surface area contributed by atoms with E-state index in [-0.39, 0.29) is 22.6 Å². The Morgan fingerprint density at radius 3 is 2.47 bits per heavy atom. The lowest BCUT2D eigenvalue weighted by atomic mass is 10.1. The summed E-state index contributed by atoms with van der Waals surface area (Å²) in [5.74, 6) is 0.130. The van der Waals surface area contributed by atoms with Gasteiger partial charge in [0, 0.05) is 31.8 Å². The fourth-order valence-corrected chi connectivity index (χ4v) is 5.08. The molecule has 1 aliphatic heterocycles. The summed E-state index contributed by atoms with van der Waals surface area (Å²) >= 11 is 0. The second-order valence-corrected chi connectivity index (χ2v) is 9.71. The van der Waals surface area contributed by atoms with Crippen LogP contribution in [0.5, 0.6) is 5.75 Å². The zero-order valence-electron chi connectivity index (χ0n) is 18.7. The van der Waals surface area contributed by atoms with Crippen LogP contribution in [0.2, 0.25) is 0 Å². The fraction of sp³-hybridized carbons (Fsp3) is 0.375. The Kier molecular flexibility index (Phi) is 8.06. The molecule has 0 aliphatic carbocycles. The van der Waals surface area contributed by atoms with Crippen molar-refractivity contribution in [3.8, 4) is 5.75 Å². The third kappa shape index (κ3) is 5.76.